The SMILES string of the molecule is COc1cc(N)ccc1SC1CCC(N)CC1. The number of anilines is 1. The van der Waals surface area contributed by atoms with Gasteiger partial charge in [0.2, 0.25) is 0 Å². The molecule has 0 heterocycles. The van der Waals surface area contributed by atoms with Crippen LogP contribution in [0.25, 0.3) is 0 Å². The summed E-state index contributed by atoms with van der Waals surface area (Å²) in [7, 11) is 1.69. The molecule has 1 fully saturated rings. The van der Waals surface area contributed by atoms with Crippen LogP contribution in [0.4, 0.5) is 5.69 Å². The van der Waals surface area contributed by atoms with Crippen molar-refractivity contribution in [2.75, 3.05) is 12.8 Å². The summed E-state index contributed by atoms with van der Waals surface area (Å²) in [4.78, 5) is 1.18. The number of nitrogens with two attached hydrogens (primary N) is 2. The van der Waals surface area contributed by atoms with Crippen molar-refractivity contribution in [1.82, 2.24) is 0 Å². The van der Waals surface area contributed by atoms with Gasteiger partial charge in [-0.3, -0.25) is 0 Å². The molecule has 0 bridgehead atoms. The van der Waals surface area contributed by atoms with Crippen molar-refractivity contribution in [2.45, 2.75) is 41.9 Å². The first-order chi connectivity index (χ1) is 8.19. The third kappa shape index (κ3) is 3.30. The van der Waals surface area contributed by atoms with Gasteiger partial charge in [-0.2, -0.15) is 0 Å². The molecule has 1 aromatic carbocycles. The highest BCUT2D eigenvalue weighted by Gasteiger charge is 2.20. The molecule has 4 N–H and O–H groups in total. The Morgan fingerprint density at radius 1 is 1.24 bits per heavy atom. The fourth-order valence-electron chi connectivity index (χ4n) is 2.17. The Morgan fingerprint density at radius 3 is 2.59 bits per heavy atom. The molecule has 0 radical (unpaired) electrons. The average molecular weight is 252 g/mol. The van der Waals surface area contributed by atoms with Crippen LogP contribution in [-0.2, 0) is 0 Å². The van der Waals surface area contributed by atoms with Gasteiger partial charge < -0.3 is 16.2 Å². The lowest BCUT2D eigenvalue weighted by Gasteiger charge is -2.26. The lowest BCUT2D eigenvalue weighted by atomic mass is 9.96. The summed E-state index contributed by atoms with van der Waals surface area (Å²) in [6, 6.07) is 6.27. The second kappa shape index (κ2) is 5.65. The molecule has 1 saturated carbocycles. The van der Waals surface area contributed by atoms with E-state index in [1.54, 1.807) is 7.11 Å². The summed E-state index contributed by atoms with van der Waals surface area (Å²) in [6.07, 6.45) is 4.66. The first kappa shape index (κ1) is 12.6. The van der Waals surface area contributed by atoms with Crippen molar-refractivity contribution in [2.24, 2.45) is 5.73 Å². The van der Waals surface area contributed by atoms with Gasteiger partial charge in [-0.15, -0.1) is 11.8 Å². The van der Waals surface area contributed by atoms with E-state index in [-0.39, 0.29) is 0 Å². The predicted octanol–water partition coefficient (Wildman–Crippen LogP) is 2.64. The van der Waals surface area contributed by atoms with E-state index in [1.165, 1.54) is 17.7 Å². The molecule has 0 spiro atoms. The Morgan fingerprint density at radius 2 is 1.94 bits per heavy atom. The molecule has 0 aromatic heterocycles. The minimum absolute atomic E-state index is 0.403. The maximum Gasteiger partial charge on any atom is 0.134 e. The summed E-state index contributed by atoms with van der Waals surface area (Å²) in [5, 5.41) is 0.660. The quantitative estimate of drug-likeness (QED) is 0.812. The van der Waals surface area contributed by atoms with Crippen molar-refractivity contribution < 1.29 is 4.74 Å². The molecular formula is C13H20N2OS. The molecule has 0 unspecified atom stereocenters. The minimum atomic E-state index is 0.403. The Bertz CT molecular complexity index is 376. The van der Waals surface area contributed by atoms with Crippen LogP contribution in [0, 0.1) is 0 Å². The van der Waals surface area contributed by atoms with Gasteiger partial charge >= 0.3 is 0 Å². The van der Waals surface area contributed by atoms with E-state index in [0.29, 0.717) is 11.3 Å². The van der Waals surface area contributed by atoms with E-state index in [2.05, 4.69) is 0 Å². The van der Waals surface area contributed by atoms with Crippen molar-refractivity contribution in [1.29, 1.82) is 0 Å². The zero-order valence-corrected chi connectivity index (χ0v) is 11.0. The molecule has 0 saturated heterocycles. The second-order valence-corrected chi connectivity index (χ2v) is 5.91. The topological polar surface area (TPSA) is 61.3 Å². The first-order valence-corrected chi connectivity index (χ1v) is 6.92. The third-order valence-corrected chi connectivity index (χ3v) is 4.60. The zero-order chi connectivity index (χ0) is 12.3. The molecule has 17 heavy (non-hydrogen) atoms. The van der Waals surface area contributed by atoms with Crippen LogP contribution in [0.1, 0.15) is 25.7 Å². The highest BCUT2D eigenvalue weighted by Crippen LogP contribution is 2.38. The van der Waals surface area contributed by atoms with E-state index in [1.807, 2.05) is 30.0 Å². The predicted molar refractivity (Wildman–Crippen MR) is 73.5 cm³/mol. The summed E-state index contributed by atoms with van der Waals surface area (Å²) in [5.74, 6) is 0.880. The fraction of sp³-hybridized carbons (Fsp3) is 0.538. The molecule has 1 aromatic rings. The van der Waals surface area contributed by atoms with Crippen LogP contribution in [0.15, 0.2) is 23.1 Å². The van der Waals surface area contributed by atoms with Gasteiger partial charge in [0.25, 0.3) is 0 Å². The molecule has 2 rings (SSSR count). The Hall–Kier alpha value is -0.870. The Labute approximate surface area is 107 Å². The first-order valence-electron chi connectivity index (χ1n) is 6.05. The van der Waals surface area contributed by atoms with E-state index < -0.39 is 0 Å². The number of ether oxygens (including phenoxy) is 1. The number of thioether (sulfide) groups is 1. The second-order valence-electron chi connectivity index (χ2n) is 4.56. The van der Waals surface area contributed by atoms with Crippen LogP contribution in [0.5, 0.6) is 5.75 Å². The summed E-state index contributed by atoms with van der Waals surface area (Å²) in [5.41, 5.74) is 12.4. The van der Waals surface area contributed by atoms with E-state index in [0.717, 1.165) is 24.3 Å². The Balaban J connectivity index is 2.03. The highest BCUT2D eigenvalue weighted by atomic mass is 32.2. The molecule has 94 valence electrons. The number of methoxy groups -OCH3 is 1. The normalized spacial score (nSPS) is 24.6. The van der Waals surface area contributed by atoms with Gasteiger partial charge in [0.05, 0.1) is 7.11 Å². The van der Waals surface area contributed by atoms with E-state index in [9.17, 15) is 0 Å². The smallest absolute Gasteiger partial charge is 0.134 e. The number of rotatable bonds is 3. The zero-order valence-electron chi connectivity index (χ0n) is 10.2. The van der Waals surface area contributed by atoms with Crippen LogP contribution < -0.4 is 16.2 Å². The Kier molecular flexibility index (Phi) is 4.18. The van der Waals surface area contributed by atoms with E-state index >= 15 is 0 Å². The van der Waals surface area contributed by atoms with Crippen molar-refractivity contribution >= 4 is 17.4 Å². The van der Waals surface area contributed by atoms with Gasteiger partial charge in [-0.05, 0) is 37.8 Å². The number of nitrogen functional groups attached to an aromatic ring is 1. The number of benzene rings is 1. The standard InChI is InChI=1S/C13H20N2OS/c1-16-12-8-10(15)4-7-13(12)17-11-5-2-9(14)3-6-11/h4,7-9,11H,2-3,5-6,14-15H2,1H3. The minimum Gasteiger partial charge on any atom is -0.496 e. The lowest BCUT2D eigenvalue weighted by molar-refractivity contribution is 0.404. The molecule has 4 heteroatoms. The third-order valence-electron chi connectivity index (χ3n) is 3.20. The van der Waals surface area contributed by atoms with Gasteiger partial charge in [0, 0.05) is 27.9 Å². The maximum atomic E-state index is 5.92. The summed E-state index contributed by atoms with van der Waals surface area (Å²) >= 11 is 1.89. The highest BCUT2D eigenvalue weighted by molar-refractivity contribution is 8.00. The molecule has 0 amide bonds. The van der Waals surface area contributed by atoms with Crippen LogP contribution in [0.3, 0.4) is 0 Å². The summed E-state index contributed by atoms with van der Waals surface area (Å²) in [6.45, 7) is 0. The van der Waals surface area contributed by atoms with Crippen molar-refractivity contribution in [3.05, 3.63) is 18.2 Å². The lowest BCUT2D eigenvalue weighted by Crippen LogP contribution is -2.27. The number of hydrogen-bond donors (Lipinski definition) is 2. The molecule has 1 aliphatic rings. The molecule has 1 aliphatic carbocycles. The average Bonchev–Trinajstić information content (AvgIpc) is 2.34. The van der Waals surface area contributed by atoms with Crippen molar-refractivity contribution in [3.8, 4) is 5.75 Å². The largest absolute Gasteiger partial charge is 0.496 e. The van der Waals surface area contributed by atoms with Crippen LogP contribution in [0.2, 0.25) is 0 Å². The van der Waals surface area contributed by atoms with E-state index in [4.69, 9.17) is 16.2 Å². The number of hydrogen-bond acceptors (Lipinski definition) is 4. The monoisotopic (exact) mass is 252 g/mol. The summed E-state index contributed by atoms with van der Waals surface area (Å²) < 4.78 is 5.36. The molecular weight excluding hydrogens is 232 g/mol. The molecule has 0 atom stereocenters. The van der Waals surface area contributed by atoms with Gasteiger partial charge in [0.15, 0.2) is 0 Å². The van der Waals surface area contributed by atoms with Crippen LogP contribution in [-0.4, -0.2) is 18.4 Å². The molecule has 0 aliphatic heterocycles. The van der Waals surface area contributed by atoms with Crippen LogP contribution >= 0.6 is 11.8 Å². The van der Waals surface area contributed by atoms with Gasteiger partial charge in [0.1, 0.15) is 5.75 Å². The maximum absolute atomic E-state index is 5.92. The molecule has 3 nitrogen and oxygen atoms in total. The fourth-order valence-corrected chi connectivity index (χ4v) is 3.44. The van der Waals surface area contributed by atoms with Gasteiger partial charge in [-0.25, -0.2) is 0 Å². The van der Waals surface area contributed by atoms with Gasteiger partial charge in [-0.1, -0.05) is 0 Å². The van der Waals surface area contributed by atoms with Crippen molar-refractivity contribution in [3.63, 3.8) is 0 Å².